The smallest absolute Gasteiger partial charge is 0.250 e. The highest BCUT2D eigenvalue weighted by atomic mass is 32.1. The third kappa shape index (κ3) is 6.16. The number of thiocarbonyl (C=S) groups is 1. The van der Waals surface area contributed by atoms with E-state index in [1.807, 2.05) is 30.3 Å². The van der Waals surface area contributed by atoms with Gasteiger partial charge in [-0.05, 0) is 66.7 Å². The first kappa shape index (κ1) is 21.1. The number of para-hydroxylation sites is 2. The molecule has 29 heavy (non-hydrogen) atoms. The molecule has 0 unspecified atom stereocenters. The Balaban J connectivity index is 1.57. The van der Waals surface area contributed by atoms with Gasteiger partial charge in [-0.15, -0.1) is 0 Å². The number of carbonyl (C=O) groups excluding carboxylic acids is 1. The highest BCUT2D eigenvalue weighted by Gasteiger charge is 2.14. The van der Waals surface area contributed by atoms with E-state index in [4.69, 9.17) is 12.2 Å². The second kappa shape index (κ2) is 10.2. The van der Waals surface area contributed by atoms with E-state index < -0.39 is 0 Å². The van der Waals surface area contributed by atoms with Crippen LogP contribution in [0.25, 0.3) is 6.08 Å². The molecule has 0 atom stereocenters. The first-order valence-electron chi connectivity index (χ1n) is 10.3. The Morgan fingerprint density at radius 1 is 1.03 bits per heavy atom. The maximum atomic E-state index is 12.2. The quantitative estimate of drug-likeness (QED) is 0.520. The molecular weight excluding hydrogens is 378 g/mol. The number of hydrogen-bond acceptors (Lipinski definition) is 3. The summed E-state index contributed by atoms with van der Waals surface area (Å²) >= 11 is 5.35. The third-order valence-corrected chi connectivity index (χ3v) is 5.32. The molecular formula is C24H29N3OS. The summed E-state index contributed by atoms with van der Waals surface area (Å²) in [4.78, 5) is 14.6. The molecule has 1 heterocycles. The lowest BCUT2D eigenvalue weighted by Gasteiger charge is -2.30. The van der Waals surface area contributed by atoms with E-state index in [0.717, 1.165) is 30.0 Å². The Bertz CT molecular complexity index is 868. The standard InChI is InChI=1S/C24H29N3OS/c1-18(2)20-13-10-19(11-14-20)12-15-23(28)26-24(29)25-21-8-4-5-9-22(21)27-16-6-3-7-17-27/h4-5,8-15,18H,3,6-7,16-17H2,1-2H3,(H2,25,26,28,29)/b15-12+. The summed E-state index contributed by atoms with van der Waals surface area (Å²) in [6.45, 7) is 6.43. The van der Waals surface area contributed by atoms with E-state index in [2.05, 4.69) is 47.6 Å². The predicted octanol–water partition coefficient (Wildman–Crippen LogP) is 5.33. The van der Waals surface area contributed by atoms with Crippen LogP contribution in [-0.4, -0.2) is 24.1 Å². The molecule has 4 nitrogen and oxygen atoms in total. The van der Waals surface area contributed by atoms with Gasteiger partial charge in [-0.2, -0.15) is 0 Å². The topological polar surface area (TPSA) is 44.4 Å². The molecule has 0 spiro atoms. The number of benzene rings is 2. The summed E-state index contributed by atoms with van der Waals surface area (Å²) < 4.78 is 0. The Morgan fingerprint density at radius 2 is 1.72 bits per heavy atom. The first-order valence-corrected chi connectivity index (χ1v) is 10.7. The molecule has 0 aliphatic carbocycles. The van der Waals surface area contributed by atoms with Gasteiger partial charge in [0.2, 0.25) is 5.91 Å². The van der Waals surface area contributed by atoms with Crippen molar-refractivity contribution in [3.63, 3.8) is 0 Å². The molecule has 2 aromatic carbocycles. The van der Waals surface area contributed by atoms with E-state index in [1.165, 1.54) is 30.9 Å². The Kier molecular flexibility index (Phi) is 7.42. The zero-order chi connectivity index (χ0) is 20.6. The van der Waals surface area contributed by atoms with Gasteiger partial charge in [0, 0.05) is 19.2 Å². The van der Waals surface area contributed by atoms with Crippen molar-refractivity contribution in [3.05, 3.63) is 65.7 Å². The first-order chi connectivity index (χ1) is 14.0. The summed E-state index contributed by atoms with van der Waals surface area (Å²) in [7, 11) is 0. The average molecular weight is 408 g/mol. The summed E-state index contributed by atoms with van der Waals surface area (Å²) in [5, 5.41) is 6.22. The van der Waals surface area contributed by atoms with Crippen LogP contribution in [0.4, 0.5) is 11.4 Å². The summed E-state index contributed by atoms with van der Waals surface area (Å²) in [5.74, 6) is 0.249. The van der Waals surface area contributed by atoms with Gasteiger partial charge in [0.15, 0.2) is 5.11 Å². The van der Waals surface area contributed by atoms with Crippen LogP contribution >= 0.6 is 12.2 Å². The van der Waals surface area contributed by atoms with Crippen molar-refractivity contribution in [1.82, 2.24) is 5.32 Å². The molecule has 1 amide bonds. The maximum Gasteiger partial charge on any atom is 0.250 e. The lowest BCUT2D eigenvalue weighted by molar-refractivity contribution is -0.115. The molecule has 1 aliphatic rings. The molecule has 2 N–H and O–H groups in total. The zero-order valence-electron chi connectivity index (χ0n) is 17.2. The number of hydrogen-bond donors (Lipinski definition) is 2. The SMILES string of the molecule is CC(C)c1ccc(/C=C/C(=O)NC(=S)Nc2ccccc2N2CCCCC2)cc1. The predicted molar refractivity (Wildman–Crippen MR) is 126 cm³/mol. The molecule has 0 radical (unpaired) electrons. The minimum Gasteiger partial charge on any atom is -0.370 e. The molecule has 1 saturated heterocycles. The normalized spacial score (nSPS) is 14.2. The molecule has 2 aromatic rings. The molecule has 0 aromatic heterocycles. The van der Waals surface area contributed by atoms with Crippen LogP contribution in [0.1, 0.15) is 50.2 Å². The highest BCUT2D eigenvalue weighted by molar-refractivity contribution is 7.80. The number of anilines is 2. The van der Waals surface area contributed by atoms with Gasteiger partial charge in [0.25, 0.3) is 0 Å². The van der Waals surface area contributed by atoms with Gasteiger partial charge in [0.1, 0.15) is 0 Å². The fraction of sp³-hybridized carbons (Fsp3) is 0.333. The van der Waals surface area contributed by atoms with Gasteiger partial charge in [0.05, 0.1) is 11.4 Å². The van der Waals surface area contributed by atoms with Crippen LogP contribution in [0.15, 0.2) is 54.6 Å². The second-order valence-corrected chi connectivity index (χ2v) is 8.07. The van der Waals surface area contributed by atoms with Gasteiger partial charge in [-0.1, -0.05) is 50.2 Å². The van der Waals surface area contributed by atoms with Gasteiger partial charge >= 0.3 is 0 Å². The van der Waals surface area contributed by atoms with Crippen LogP contribution in [0.5, 0.6) is 0 Å². The molecule has 1 aliphatic heterocycles. The summed E-state index contributed by atoms with van der Waals surface area (Å²) in [6, 6.07) is 16.3. The van der Waals surface area contributed by atoms with Crippen LogP contribution in [-0.2, 0) is 4.79 Å². The summed E-state index contributed by atoms with van der Waals surface area (Å²) in [6.07, 6.45) is 7.00. The van der Waals surface area contributed by atoms with Crippen LogP contribution in [0.2, 0.25) is 0 Å². The van der Waals surface area contributed by atoms with Crippen molar-refractivity contribution >= 4 is 40.7 Å². The number of nitrogens with one attached hydrogen (secondary N) is 2. The fourth-order valence-corrected chi connectivity index (χ4v) is 3.67. The van der Waals surface area contributed by atoms with Crippen molar-refractivity contribution in [1.29, 1.82) is 0 Å². The molecule has 152 valence electrons. The van der Waals surface area contributed by atoms with Crippen LogP contribution < -0.4 is 15.5 Å². The lowest BCUT2D eigenvalue weighted by atomic mass is 10.0. The third-order valence-electron chi connectivity index (χ3n) is 5.12. The number of piperidine rings is 1. The molecule has 1 fully saturated rings. The number of nitrogens with zero attached hydrogens (tertiary/aromatic N) is 1. The molecule has 5 heteroatoms. The Hall–Kier alpha value is -2.66. The molecule has 0 saturated carbocycles. The number of rotatable bonds is 5. The molecule has 3 rings (SSSR count). The van der Waals surface area contributed by atoms with E-state index in [1.54, 1.807) is 6.08 Å². The Morgan fingerprint density at radius 3 is 2.41 bits per heavy atom. The highest BCUT2D eigenvalue weighted by Crippen LogP contribution is 2.28. The van der Waals surface area contributed by atoms with E-state index >= 15 is 0 Å². The van der Waals surface area contributed by atoms with Crippen molar-refractivity contribution in [3.8, 4) is 0 Å². The van der Waals surface area contributed by atoms with Gasteiger partial charge in [-0.3, -0.25) is 10.1 Å². The van der Waals surface area contributed by atoms with Crippen molar-refractivity contribution in [2.75, 3.05) is 23.3 Å². The minimum absolute atomic E-state index is 0.245. The number of carbonyl (C=O) groups is 1. The van der Waals surface area contributed by atoms with Crippen LogP contribution in [0, 0.1) is 0 Å². The molecule has 0 bridgehead atoms. The average Bonchev–Trinajstić information content (AvgIpc) is 2.73. The van der Waals surface area contributed by atoms with E-state index in [-0.39, 0.29) is 5.91 Å². The van der Waals surface area contributed by atoms with Crippen molar-refractivity contribution in [2.24, 2.45) is 0 Å². The fourth-order valence-electron chi connectivity index (χ4n) is 3.46. The van der Waals surface area contributed by atoms with Crippen molar-refractivity contribution < 1.29 is 4.79 Å². The largest absolute Gasteiger partial charge is 0.370 e. The van der Waals surface area contributed by atoms with E-state index in [9.17, 15) is 4.79 Å². The summed E-state index contributed by atoms with van der Waals surface area (Å²) in [5.41, 5.74) is 4.32. The van der Waals surface area contributed by atoms with Gasteiger partial charge < -0.3 is 10.2 Å². The van der Waals surface area contributed by atoms with Gasteiger partial charge in [-0.25, -0.2) is 0 Å². The second-order valence-electron chi connectivity index (χ2n) is 7.66. The number of amides is 1. The maximum absolute atomic E-state index is 12.2. The Labute approximate surface area is 179 Å². The monoisotopic (exact) mass is 407 g/mol. The zero-order valence-corrected chi connectivity index (χ0v) is 18.0. The minimum atomic E-state index is -0.245. The van der Waals surface area contributed by atoms with Crippen molar-refractivity contribution in [2.45, 2.75) is 39.0 Å². The lowest BCUT2D eigenvalue weighted by Crippen LogP contribution is -2.34. The van der Waals surface area contributed by atoms with E-state index in [0.29, 0.717) is 11.0 Å². The van der Waals surface area contributed by atoms with Crippen LogP contribution in [0.3, 0.4) is 0 Å².